The van der Waals surface area contributed by atoms with E-state index in [4.69, 9.17) is 0 Å². The van der Waals surface area contributed by atoms with Crippen molar-refractivity contribution in [2.75, 3.05) is 7.63 Å². The number of rotatable bonds is 2. The van der Waals surface area contributed by atoms with E-state index in [0.29, 0.717) is 0 Å². The summed E-state index contributed by atoms with van der Waals surface area (Å²) in [7, 11) is 0. The molecule has 0 saturated heterocycles. The Morgan fingerprint density at radius 2 is 0.870 bits per heavy atom. The fourth-order valence-corrected chi connectivity index (χ4v) is 7.18. The van der Waals surface area contributed by atoms with Crippen molar-refractivity contribution in [2.24, 2.45) is 0 Å². The molecule has 0 atom stereocenters. The molecule has 0 amide bonds. The Bertz CT molecular complexity index is 681. The van der Waals surface area contributed by atoms with Gasteiger partial charge in [0, 0.05) is 0 Å². The molecule has 1 aliphatic rings. The molecule has 2 aromatic carbocycles. The molecule has 0 spiro atoms. The van der Waals surface area contributed by atoms with Gasteiger partial charge in [0.15, 0.2) is 0 Å². The Balaban J connectivity index is 1.93. The monoisotopic (exact) mass is 369 g/mol. The van der Waals surface area contributed by atoms with Crippen molar-refractivity contribution in [1.29, 1.82) is 0 Å². The molecule has 0 bridgehead atoms. The van der Waals surface area contributed by atoms with E-state index in [1.165, 1.54) is 44.8 Å². The van der Waals surface area contributed by atoms with Crippen molar-refractivity contribution in [2.45, 2.75) is 41.5 Å². The molecular formula is C20H26AsN2+. The molecule has 0 unspecified atom stereocenters. The Morgan fingerprint density at radius 3 is 1.17 bits per heavy atom. The number of hydrogen-bond acceptors (Lipinski definition) is 2. The second kappa shape index (κ2) is 6.09. The maximum absolute atomic E-state index is 2.51. The zero-order chi connectivity index (χ0) is 16.7. The summed E-state index contributed by atoms with van der Waals surface area (Å²) in [5.41, 5.74) is 11.0. The molecule has 1 heterocycles. The average Bonchev–Trinajstić information content (AvgIpc) is 2.85. The van der Waals surface area contributed by atoms with E-state index in [-0.39, 0.29) is 0 Å². The van der Waals surface area contributed by atoms with E-state index in [2.05, 4.69) is 85.8 Å². The Morgan fingerprint density at radius 1 is 0.565 bits per heavy atom. The predicted molar refractivity (Wildman–Crippen MR) is 104 cm³/mol. The van der Waals surface area contributed by atoms with E-state index in [0.717, 1.165) is 0 Å². The number of nitrogens with zero attached hydrogens (tertiary/aromatic N) is 2. The molecule has 0 saturated carbocycles. The van der Waals surface area contributed by atoms with Crippen LogP contribution in [0.5, 0.6) is 0 Å². The summed E-state index contributed by atoms with van der Waals surface area (Å²) in [6.07, 6.45) is 4.53. The van der Waals surface area contributed by atoms with Crippen LogP contribution in [0.15, 0.2) is 36.7 Å². The average molecular weight is 369 g/mol. The molecule has 0 fully saturated rings. The van der Waals surface area contributed by atoms with E-state index in [1.54, 1.807) is 0 Å². The van der Waals surface area contributed by atoms with Gasteiger partial charge in [-0.2, -0.15) is 0 Å². The molecule has 3 rings (SSSR count). The van der Waals surface area contributed by atoms with Crippen molar-refractivity contribution in [3.63, 3.8) is 0 Å². The van der Waals surface area contributed by atoms with Gasteiger partial charge in [-0.3, -0.25) is 0 Å². The van der Waals surface area contributed by atoms with Crippen LogP contribution >= 0.6 is 0 Å². The third-order valence-electron chi connectivity index (χ3n) is 4.42. The third-order valence-corrected chi connectivity index (χ3v) is 7.27. The number of aryl methyl sites for hydroxylation is 6. The van der Waals surface area contributed by atoms with Crippen molar-refractivity contribution >= 4 is 27.6 Å². The molecule has 2 nitrogen and oxygen atoms in total. The molecule has 0 N–H and O–H groups in total. The molecule has 0 aromatic heterocycles. The Hall–Kier alpha value is -1.66. The predicted octanol–water partition coefficient (Wildman–Crippen LogP) is 4.33. The molecule has 120 valence electrons. The van der Waals surface area contributed by atoms with E-state index in [1.807, 2.05) is 0 Å². The van der Waals surface area contributed by atoms with E-state index in [9.17, 15) is 0 Å². The minimum absolute atomic E-state index is 0.761. The fourth-order valence-electron chi connectivity index (χ4n) is 3.78. The van der Waals surface area contributed by atoms with Gasteiger partial charge >= 0.3 is 147 Å². The second-order valence-electron chi connectivity index (χ2n) is 6.72. The van der Waals surface area contributed by atoms with Crippen LogP contribution in [0.3, 0.4) is 0 Å². The van der Waals surface area contributed by atoms with Crippen LogP contribution in [-0.2, 0) is 0 Å². The normalized spacial score (nSPS) is 14.0. The number of benzene rings is 2. The van der Waals surface area contributed by atoms with Gasteiger partial charge in [0.25, 0.3) is 0 Å². The van der Waals surface area contributed by atoms with Crippen LogP contribution in [0.4, 0.5) is 11.4 Å². The van der Waals surface area contributed by atoms with Crippen molar-refractivity contribution in [3.8, 4) is 0 Å². The maximum atomic E-state index is 2.51. The van der Waals surface area contributed by atoms with Crippen LogP contribution in [0.1, 0.15) is 33.4 Å². The topological polar surface area (TPSA) is 6.48 Å². The molecule has 0 aliphatic carbocycles. The van der Waals surface area contributed by atoms with E-state index < -0.39 is 16.2 Å². The van der Waals surface area contributed by atoms with Crippen LogP contribution in [0, 0.1) is 41.5 Å². The fraction of sp³-hybridized carbons (Fsp3) is 0.300. The van der Waals surface area contributed by atoms with Gasteiger partial charge < -0.3 is 0 Å². The summed E-state index contributed by atoms with van der Waals surface area (Å²) >= 11 is -0.761. The quantitative estimate of drug-likeness (QED) is 0.727. The summed E-state index contributed by atoms with van der Waals surface area (Å²) < 4.78 is 5.01. The van der Waals surface area contributed by atoms with Crippen molar-refractivity contribution in [3.05, 3.63) is 70.0 Å². The van der Waals surface area contributed by atoms with E-state index >= 15 is 0 Å². The SMILES string of the molecule is Cc1cc(C)c(N2C=CN(c3c(C)cc(C)cc3C)[AsH2+]2)c(C)c1. The van der Waals surface area contributed by atoms with Crippen LogP contribution < -0.4 is 7.63 Å². The summed E-state index contributed by atoms with van der Waals surface area (Å²) in [4.78, 5) is 0. The van der Waals surface area contributed by atoms with Gasteiger partial charge in [0.05, 0.1) is 0 Å². The first-order valence-corrected chi connectivity index (χ1v) is 10.3. The first-order chi connectivity index (χ1) is 10.9. The standard InChI is InChI=1S/C20H26AsN2/c1-13-9-15(3)19(16(4)10-13)22-7-8-23(21-22)20-17(5)11-14(2)12-18(20)6/h7-12H,21H2,1-6H3/q+1. The van der Waals surface area contributed by atoms with Crippen LogP contribution in [0.2, 0.25) is 0 Å². The molecule has 2 aromatic rings. The molecule has 1 aliphatic heterocycles. The number of hydrogen-bond donors (Lipinski definition) is 0. The van der Waals surface area contributed by atoms with Gasteiger partial charge in [-0.1, -0.05) is 0 Å². The Kier molecular flexibility index (Phi) is 4.29. The summed E-state index contributed by atoms with van der Waals surface area (Å²) in [6.45, 7) is 13.3. The summed E-state index contributed by atoms with van der Waals surface area (Å²) in [5, 5.41) is 0. The molecule has 23 heavy (non-hydrogen) atoms. The van der Waals surface area contributed by atoms with Gasteiger partial charge in [-0.25, -0.2) is 0 Å². The van der Waals surface area contributed by atoms with Crippen LogP contribution in [-0.4, -0.2) is 16.2 Å². The van der Waals surface area contributed by atoms with Gasteiger partial charge in [0.1, 0.15) is 0 Å². The number of anilines is 2. The Labute approximate surface area is 147 Å². The van der Waals surface area contributed by atoms with Gasteiger partial charge in [0.2, 0.25) is 0 Å². The zero-order valence-electron chi connectivity index (χ0n) is 14.9. The minimum atomic E-state index is -0.761. The molecular weight excluding hydrogens is 343 g/mol. The first-order valence-electron chi connectivity index (χ1n) is 8.12. The molecule has 0 radical (unpaired) electrons. The van der Waals surface area contributed by atoms with Crippen LogP contribution in [0.25, 0.3) is 0 Å². The second-order valence-corrected chi connectivity index (χ2v) is 9.54. The molecule has 3 heteroatoms. The third kappa shape index (κ3) is 3.05. The van der Waals surface area contributed by atoms with Crippen molar-refractivity contribution in [1.82, 2.24) is 0 Å². The zero-order valence-corrected chi connectivity index (χ0v) is 17.4. The summed E-state index contributed by atoms with van der Waals surface area (Å²) in [6, 6.07) is 9.16. The van der Waals surface area contributed by atoms with Gasteiger partial charge in [-0.15, -0.1) is 0 Å². The summed E-state index contributed by atoms with van der Waals surface area (Å²) in [5.74, 6) is 0. The van der Waals surface area contributed by atoms with Crippen molar-refractivity contribution < 1.29 is 0 Å². The first kappa shape index (κ1) is 16.2. The van der Waals surface area contributed by atoms with Gasteiger partial charge in [-0.05, 0) is 0 Å².